The average molecular weight is 205 g/mol. The monoisotopic (exact) mass is 205 g/mol. The van der Waals surface area contributed by atoms with Crippen LogP contribution < -0.4 is 11.2 Å². The number of hydrogen-bond acceptors (Lipinski definition) is 3. The van der Waals surface area contributed by atoms with E-state index in [0.29, 0.717) is 11.4 Å². The van der Waals surface area contributed by atoms with E-state index in [1.165, 1.54) is 0 Å². The zero-order valence-corrected chi connectivity index (χ0v) is 8.79. The van der Waals surface area contributed by atoms with Crippen LogP contribution in [0.2, 0.25) is 0 Å². The average Bonchev–Trinajstić information content (AvgIpc) is 2.17. The molecule has 0 aromatic carbocycles. The largest absolute Gasteiger partial charge is 0.349 e. The van der Waals surface area contributed by atoms with E-state index in [1.54, 1.807) is 17.7 Å². The number of hydrogen-bond donors (Lipinski definition) is 1. The molecule has 0 unspecified atom stereocenters. The number of aryl methyl sites for hydroxylation is 1. The van der Waals surface area contributed by atoms with Gasteiger partial charge in [-0.1, -0.05) is 0 Å². The Kier molecular flexibility index (Phi) is 1.96. The molecule has 0 aromatic heterocycles. The number of fused-ring (bicyclic) bond motifs is 1. The van der Waals surface area contributed by atoms with Gasteiger partial charge in [-0.05, 0) is 25.5 Å². The van der Waals surface area contributed by atoms with E-state index < -0.39 is 5.69 Å². The Morgan fingerprint density at radius 1 is 1.33 bits per heavy atom. The summed E-state index contributed by atoms with van der Waals surface area (Å²) in [5.41, 5.74) is 1.44. The topological polar surface area (TPSA) is 67.8 Å². The van der Waals surface area contributed by atoms with Crippen molar-refractivity contribution in [2.75, 3.05) is 0 Å². The van der Waals surface area contributed by atoms with Gasteiger partial charge in [0.2, 0.25) is 0 Å². The van der Waals surface area contributed by atoms with E-state index in [0.717, 1.165) is 11.3 Å². The standard InChI is InChI=1S/C10H11N3O2/c1-5-4-7-8(13(3)6(5)2)11-10(15)12-9(7)14/h4H,1-3H3,(H,12,14,15). The summed E-state index contributed by atoms with van der Waals surface area (Å²) in [6, 6.07) is 1.75. The highest BCUT2D eigenvalue weighted by atomic mass is 16.2. The fraction of sp³-hybridized carbons (Fsp3) is 0.300. The SMILES string of the molecule is Cc1cc2c(=O)[nH]c(=O)nc-2n(C)c1C. The second-order valence-corrected chi connectivity index (χ2v) is 3.58. The highest BCUT2D eigenvalue weighted by molar-refractivity contribution is 5.57. The van der Waals surface area contributed by atoms with Crippen molar-refractivity contribution in [2.45, 2.75) is 13.8 Å². The summed E-state index contributed by atoms with van der Waals surface area (Å²) in [6.45, 7) is 3.83. The van der Waals surface area contributed by atoms with Gasteiger partial charge in [-0.3, -0.25) is 9.78 Å². The number of nitrogens with zero attached hydrogens (tertiary/aromatic N) is 2. The minimum Gasteiger partial charge on any atom is -0.332 e. The Bertz CT molecular complexity index is 609. The van der Waals surface area contributed by atoms with Crippen molar-refractivity contribution < 1.29 is 0 Å². The summed E-state index contributed by atoms with van der Waals surface area (Å²) in [7, 11) is 1.79. The zero-order valence-electron chi connectivity index (χ0n) is 8.79. The molecule has 15 heavy (non-hydrogen) atoms. The van der Waals surface area contributed by atoms with Crippen LogP contribution in [-0.4, -0.2) is 14.5 Å². The number of nitrogens with one attached hydrogen (secondary N) is 1. The lowest BCUT2D eigenvalue weighted by molar-refractivity contribution is 0.810. The maximum Gasteiger partial charge on any atom is 0.349 e. The van der Waals surface area contributed by atoms with Crippen molar-refractivity contribution in [3.8, 4) is 11.4 Å². The third-order valence-corrected chi connectivity index (χ3v) is 2.67. The van der Waals surface area contributed by atoms with E-state index in [1.807, 2.05) is 13.8 Å². The first-order chi connectivity index (χ1) is 7.00. The predicted molar refractivity (Wildman–Crippen MR) is 56.2 cm³/mol. The second kappa shape index (κ2) is 3.05. The van der Waals surface area contributed by atoms with Gasteiger partial charge >= 0.3 is 5.69 Å². The number of aromatic nitrogens is 3. The lowest BCUT2D eigenvalue weighted by atomic mass is 10.1. The smallest absolute Gasteiger partial charge is 0.332 e. The molecule has 5 nitrogen and oxygen atoms in total. The van der Waals surface area contributed by atoms with Crippen LogP contribution >= 0.6 is 0 Å². The quantitative estimate of drug-likeness (QED) is 0.667. The van der Waals surface area contributed by atoms with Gasteiger partial charge in [-0.25, -0.2) is 4.79 Å². The Morgan fingerprint density at radius 2 is 2.00 bits per heavy atom. The molecule has 0 saturated carbocycles. The molecule has 0 fully saturated rings. The van der Waals surface area contributed by atoms with Crippen LogP contribution in [0.15, 0.2) is 15.7 Å². The van der Waals surface area contributed by atoms with Crippen LogP contribution in [-0.2, 0) is 7.05 Å². The first kappa shape index (κ1) is 9.64. The fourth-order valence-electron chi connectivity index (χ4n) is 1.58. The lowest BCUT2D eigenvalue weighted by Crippen LogP contribution is -2.27. The Morgan fingerprint density at radius 3 is 2.67 bits per heavy atom. The molecule has 0 saturated heterocycles. The molecule has 78 valence electrons. The van der Waals surface area contributed by atoms with Crippen molar-refractivity contribution in [3.63, 3.8) is 0 Å². The summed E-state index contributed by atoms with van der Waals surface area (Å²) in [4.78, 5) is 28.5. The van der Waals surface area contributed by atoms with E-state index >= 15 is 0 Å². The summed E-state index contributed by atoms with van der Waals surface area (Å²) in [5.74, 6) is 0.423. The van der Waals surface area contributed by atoms with Crippen molar-refractivity contribution >= 4 is 0 Å². The highest BCUT2D eigenvalue weighted by Crippen LogP contribution is 2.17. The third-order valence-electron chi connectivity index (χ3n) is 2.67. The molecule has 0 aromatic rings. The fourth-order valence-corrected chi connectivity index (χ4v) is 1.58. The molecule has 2 aliphatic rings. The molecular formula is C10H11N3O2. The first-order valence-electron chi connectivity index (χ1n) is 4.58. The molecule has 0 aliphatic carbocycles. The molecule has 1 N–H and O–H groups in total. The Balaban J connectivity index is 3.05. The minimum absolute atomic E-state index is 0.385. The maximum absolute atomic E-state index is 11.5. The van der Waals surface area contributed by atoms with Gasteiger partial charge < -0.3 is 4.57 Å². The van der Waals surface area contributed by atoms with Gasteiger partial charge in [0.05, 0.1) is 5.56 Å². The normalized spacial score (nSPS) is 10.9. The Hall–Kier alpha value is -1.91. The molecule has 2 rings (SSSR count). The van der Waals surface area contributed by atoms with Crippen LogP contribution in [0.25, 0.3) is 11.4 Å². The van der Waals surface area contributed by atoms with Crippen molar-refractivity contribution in [1.82, 2.24) is 14.5 Å². The summed E-state index contributed by atoms with van der Waals surface area (Å²) >= 11 is 0. The number of rotatable bonds is 0. The molecular weight excluding hydrogens is 194 g/mol. The summed E-state index contributed by atoms with van der Waals surface area (Å²) in [5, 5.41) is 0. The Labute approximate surface area is 85.8 Å². The molecule has 0 amide bonds. The first-order valence-corrected chi connectivity index (χ1v) is 4.58. The number of H-pyrrole nitrogens is 1. The van der Waals surface area contributed by atoms with Crippen LogP contribution in [0.3, 0.4) is 0 Å². The lowest BCUT2D eigenvalue weighted by Gasteiger charge is -2.14. The van der Waals surface area contributed by atoms with E-state index in [9.17, 15) is 9.59 Å². The van der Waals surface area contributed by atoms with Crippen LogP contribution in [0.4, 0.5) is 0 Å². The number of pyridine rings is 1. The second-order valence-electron chi connectivity index (χ2n) is 3.58. The molecule has 0 atom stereocenters. The molecule has 2 aliphatic heterocycles. The maximum atomic E-state index is 11.5. The highest BCUT2D eigenvalue weighted by Gasteiger charge is 2.14. The van der Waals surface area contributed by atoms with E-state index in [-0.39, 0.29) is 5.56 Å². The van der Waals surface area contributed by atoms with Gasteiger partial charge in [0.25, 0.3) is 5.56 Å². The van der Waals surface area contributed by atoms with E-state index in [4.69, 9.17) is 0 Å². The molecule has 0 bridgehead atoms. The molecule has 5 heteroatoms. The van der Waals surface area contributed by atoms with Crippen molar-refractivity contribution in [2.24, 2.45) is 7.05 Å². The van der Waals surface area contributed by atoms with Crippen LogP contribution in [0.1, 0.15) is 11.3 Å². The summed E-state index contributed by atoms with van der Waals surface area (Å²) < 4.78 is 1.75. The number of aromatic amines is 1. The van der Waals surface area contributed by atoms with Gasteiger partial charge in [0.1, 0.15) is 0 Å². The van der Waals surface area contributed by atoms with Crippen molar-refractivity contribution in [3.05, 3.63) is 38.2 Å². The van der Waals surface area contributed by atoms with Gasteiger partial charge in [0.15, 0.2) is 5.82 Å². The summed E-state index contributed by atoms with van der Waals surface area (Å²) in [6.07, 6.45) is 0. The van der Waals surface area contributed by atoms with E-state index in [2.05, 4.69) is 9.97 Å². The zero-order chi connectivity index (χ0) is 11.2. The molecule has 0 radical (unpaired) electrons. The molecule has 0 spiro atoms. The predicted octanol–water partition coefficient (Wildman–Crippen LogP) is 0.190. The van der Waals surface area contributed by atoms with Gasteiger partial charge in [-0.2, -0.15) is 4.98 Å². The molecule has 2 heterocycles. The third kappa shape index (κ3) is 1.36. The minimum atomic E-state index is -0.605. The van der Waals surface area contributed by atoms with Crippen LogP contribution in [0.5, 0.6) is 0 Å². The van der Waals surface area contributed by atoms with Crippen molar-refractivity contribution in [1.29, 1.82) is 0 Å². The van der Waals surface area contributed by atoms with Crippen LogP contribution in [0, 0.1) is 13.8 Å². The van der Waals surface area contributed by atoms with Gasteiger partial charge in [-0.15, -0.1) is 0 Å². The van der Waals surface area contributed by atoms with Gasteiger partial charge in [0, 0.05) is 12.7 Å².